The van der Waals surface area contributed by atoms with Crippen molar-refractivity contribution < 1.29 is 14.1 Å². The number of amides is 2. The molecule has 4 rings (SSSR count). The quantitative estimate of drug-likeness (QED) is 0.608. The van der Waals surface area contributed by atoms with Gasteiger partial charge in [0.2, 0.25) is 5.82 Å². The fourth-order valence-electron chi connectivity index (χ4n) is 3.32. The molecule has 7 nitrogen and oxygen atoms in total. The largest absolute Gasteiger partial charge is 0.497 e. The fraction of sp³-hybridized carbons (Fsp3) is 0.190. The van der Waals surface area contributed by atoms with Crippen molar-refractivity contribution in [3.05, 3.63) is 71.6 Å². The van der Waals surface area contributed by atoms with Crippen LogP contribution < -0.4 is 10.1 Å². The lowest BCUT2D eigenvalue weighted by Crippen LogP contribution is -2.46. The average molecular weight is 408 g/mol. The predicted molar refractivity (Wildman–Crippen MR) is 111 cm³/mol. The minimum absolute atomic E-state index is 0.211. The molecule has 3 aromatic rings. The zero-order valence-electron chi connectivity index (χ0n) is 16.1. The van der Waals surface area contributed by atoms with Crippen LogP contribution in [-0.4, -0.2) is 34.7 Å². The van der Waals surface area contributed by atoms with Gasteiger partial charge in [-0.1, -0.05) is 29.4 Å². The number of methoxy groups -OCH3 is 1. The van der Waals surface area contributed by atoms with Gasteiger partial charge < -0.3 is 14.6 Å². The number of benzene rings is 1. The first-order valence-corrected chi connectivity index (χ1v) is 9.92. The number of rotatable bonds is 6. The van der Waals surface area contributed by atoms with Gasteiger partial charge in [-0.2, -0.15) is 4.98 Å². The molecule has 2 amide bonds. The summed E-state index contributed by atoms with van der Waals surface area (Å²) in [7, 11) is 1.61. The van der Waals surface area contributed by atoms with Crippen molar-refractivity contribution >= 4 is 22.9 Å². The van der Waals surface area contributed by atoms with Gasteiger partial charge in [-0.3, -0.25) is 4.90 Å². The van der Waals surface area contributed by atoms with Gasteiger partial charge in [0, 0.05) is 12.2 Å². The molecule has 1 aliphatic rings. The first-order chi connectivity index (χ1) is 14.1. The van der Waals surface area contributed by atoms with Crippen molar-refractivity contribution in [3.63, 3.8) is 0 Å². The zero-order chi connectivity index (χ0) is 20.4. The Kier molecular flexibility index (Phi) is 5.18. The number of nitrogens with one attached hydrogen (secondary N) is 1. The number of hydrogen-bond donors (Lipinski definition) is 1. The number of aromatic nitrogens is 2. The Morgan fingerprint density at radius 3 is 2.97 bits per heavy atom. The van der Waals surface area contributed by atoms with E-state index in [2.05, 4.69) is 22.0 Å². The number of carbonyl (C=O) groups is 1. The van der Waals surface area contributed by atoms with Gasteiger partial charge in [-0.25, -0.2) is 4.79 Å². The summed E-state index contributed by atoms with van der Waals surface area (Å²) in [5.74, 6) is 1.59. The normalized spacial score (nSPS) is 16.7. The van der Waals surface area contributed by atoms with Crippen molar-refractivity contribution in [2.75, 3.05) is 13.7 Å². The molecule has 1 aromatic carbocycles. The minimum atomic E-state index is -0.449. The lowest BCUT2D eigenvalue weighted by atomic mass is 9.94. The highest BCUT2D eigenvalue weighted by Crippen LogP contribution is 2.38. The molecule has 29 heavy (non-hydrogen) atoms. The summed E-state index contributed by atoms with van der Waals surface area (Å²) in [4.78, 5) is 19.9. The van der Waals surface area contributed by atoms with Crippen LogP contribution in [-0.2, 0) is 0 Å². The summed E-state index contributed by atoms with van der Waals surface area (Å²) in [5.41, 5.74) is 2.35. The van der Waals surface area contributed by atoms with E-state index in [1.807, 2.05) is 48.7 Å². The van der Waals surface area contributed by atoms with Crippen LogP contribution in [0.3, 0.4) is 0 Å². The van der Waals surface area contributed by atoms with Crippen LogP contribution in [0.2, 0.25) is 0 Å². The molecule has 1 N–H and O–H groups in total. The van der Waals surface area contributed by atoms with Gasteiger partial charge in [0.15, 0.2) is 0 Å². The Balaban J connectivity index is 1.83. The molecule has 8 heteroatoms. The van der Waals surface area contributed by atoms with Crippen molar-refractivity contribution in [2.24, 2.45) is 0 Å². The molecule has 0 fully saturated rings. The molecule has 2 aromatic heterocycles. The lowest BCUT2D eigenvalue weighted by Gasteiger charge is -2.34. The standard InChI is InChI=1S/C21H20N4O3S/c1-4-10-25-13(2)17(20-23-19(24-28-20)16-9-6-11-29-16)18(22-21(25)26)14-7-5-8-15(12-14)27-3/h4-9,11-12,18H,1,10H2,2-3H3,(H,22,26). The molecule has 148 valence electrons. The molecule has 3 heterocycles. The maximum atomic E-state index is 12.7. The van der Waals surface area contributed by atoms with Crippen molar-refractivity contribution in [1.29, 1.82) is 0 Å². The third-order valence-electron chi connectivity index (χ3n) is 4.73. The summed E-state index contributed by atoms with van der Waals surface area (Å²) in [6.45, 7) is 6.00. The summed E-state index contributed by atoms with van der Waals surface area (Å²) in [6.07, 6.45) is 1.68. The molecular formula is C21H20N4O3S. The van der Waals surface area contributed by atoms with Gasteiger partial charge >= 0.3 is 6.03 Å². The average Bonchev–Trinajstić information content (AvgIpc) is 3.42. The molecule has 1 unspecified atom stereocenters. The van der Waals surface area contributed by atoms with E-state index in [0.29, 0.717) is 24.0 Å². The van der Waals surface area contributed by atoms with Crippen LogP contribution in [0.4, 0.5) is 4.79 Å². The highest BCUT2D eigenvalue weighted by Gasteiger charge is 2.35. The SMILES string of the molecule is C=CCN1C(=O)NC(c2cccc(OC)c2)C(c2nc(-c3cccs3)no2)=C1C. The molecule has 0 aliphatic carbocycles. The number of allylic oxidation sites excluding steroid dienone is 1. The topological polar surface area (TPSA) is 80.5 Å². The highest BCUT2D eigenvalue weighted by molar-refractivity contribution is 7.13. The second-order valence-electron chi connectivity index (χ2n) is 6.46. The molecule has 0 saturated heterocycles. The molecular weight excluding hydrogens is 388 g/mol. The first-order valence-electron chi connectivity index (χ1n) is 9.04. The van der Waals surface area contributed by atoms with Crippen LogP contribution in [0.25, 0.3) is 16.3 Å². The third-order valence-corrected chi connectivity index (χ3v) is 5.60. The van der Waals surface area contributed by atoms with E-state index in [1.54, 1.807) is 18.1 Å². The van der Waals surface area contributed by atoms with Gasteiger partial charge in [0.25, 0.3) is 5.89 Å². The highest BCUT2D eigenvalue weighted by atomic mass is 32.1. The number of carbonyl (C=O) groups excluding carboxylic acids is 1. The number of nitrogens with zero attached hydrogens (tertiary/aromatic N) is 3. The van der Waals surface area contributed by atoms with Crippen molar-refractivity contribution in [2.45, 2.75) is 13.0 Å². The van der Waals surface area contributed by atoms with E-state index < -0.39 is 6.04 Å². The summed E-state index contributed by atoms with van der Waals surface area (Å²) in [5, 5.41) is 9.14. The Morgan fingerprint density at radius 2 is 2.24 bits per heavy atom. The Labute approximate surface area is 172 Å². The predicted octanol–water partition coefficient (Wildman–Crippen LogP) is 4.49. The van der Waals surface area contributed by atoms with Crippen LogP contribution in [0.5, 0.6) is 5.75 Å². The van der Waals surface area contributed by atoms with Crippen LogP contribution in [0.1, 0.15) is 24.4 Å². The molecule has 0 bridgehead atoms. The number of hydrogen-bond acceptors (Lipinski definition) is 6. The van der Waals surface area contributed by atoms with Crippen LogP contribution >= 0.6 is 11.3 Å². The second kappa shape index (κ2) is 7.92. The number of urea groups is 1. The lowest BCUT2D eigenvalue weighted by molar-refractivity contribution is 0.209. The maximum Gasteiger partial charge on any atom is 0.322 e. The van der Waals surface area contributed by atoms with Crippen LogP contribution in [0.15, 0.2) is 64.7 Å². The summed E-state index contributed by atoms with van der Waals surface area (Å²) >= 11 is 1.54. The molecule has 0 spiro atoms. The molecule has 1 atom stereocenters. The van der Waals surface area contributed by atoms with Crippen molar-refractivity contribution in [1.82, 2.24) is 20.4 Å². The van der Waals surface area contributed by atoms with Gasteiger partial charge in [-0.15, -0.1) is 17.9 Å². The maximum absolute atomic E-state index is 12.7. The Hall–Kier alpha value is -3.39. The minimum Gasteiger partial charge on any atom is -0.497 e. The molecule has 1 aliphatic heterocycles. The Bertz CT molecular complexity index is 1070. The van der Waals surface area contributed by atoms with Crippen molar-refractivity contribution in [3.8, 4) is 16.5 Å². The summed E-state index contributed by atoms with van der Waals surface area (Å²) in [6, 6.07) is 10.8. The van der Waals surface area contributed by atoms with Gasteiger partial charge in [-0.05, 0) is 36.1 Å². The van der Waals surface area contributed by atoms with E-state index in [0.717, 1.165) is 21.7 Å². The van der Waals surface area contributed by atoms with E-state index in [-0.39, 0.29) is 6.03 Å². The summed E-state index contributed by atoms with van der Waals surface area (Å²) < 4.78 is 11.0. The smallest absolute Gasteiger partial charge is 0.322 e. The molecule has 0 radical (unpaired) electrons. The number of thiophene rings is 1. The third kappa shape index (κ3) is 3.54. The first kappa shape index (κ1) is 18.9. The van der Waals surface area contributed by atoms with E-state index in [9.17, 15) is 4.79 Å². The van der Waals surface area contributed by atoms with E-state index in [1.165, 1.54) is 11.3 Å². The van der Waals surface area contributed by atoms with E-state index >= 15 is 0 Å². The Morgan fingerprint density at radius 1 is 1.38 bits per heavy atom. The molecule has 0 saturated carbocycles. The van der Waals surface area contributed by atoms with Gasteiger partial charge in [0.05, 0.1) is 23.6 Å². The fourth-order valence-corrected chi connectivity index (χ4v) is 3.97. The monoisotopic (exact) mass is 408 g/mol. The zero-order valence-corrected chi connectivity index (χ0v) is 16.9. The number of ether oxygens (including phenoxy) is 1. The second-order valence-corrected chi connectivity index (χ2v) is 7.41. The van der Waals surface area contributed by atoms with E-state index in [4.69, 9.17) is 9.26 Å². The van der Waals surface area contributed by atoms with Crippen LogP contribution in [0, 0.1) is 0 Å². The van der Waals surface area contributed by atoms with Gasteiger partial charge in [0.1, 0.15) is 5.75 Å².